The molecule has 0 atom stereocenters. The summed E-state index contributed by atoms with van der Waals surface area (Å²) < 4.78 is 36.7. The standard InChI is InChI=1S/C16H14FN5O2S/c17-14-10-19-16(22-15(14)20-11-5-2-1-3-6-11)21-12-7-4-8-13(9-12)25(18,23)24/h1-10H,(H2,18,23,24)(H2,19,20,21,22). The number of hydrogen-bond acceptors (Lipinski definition) is 6. The van der Waals surface area contributed by atoms with Crippen LogP contribution in [0.5, 0.6) is 0 Å². The van der Waals surface area contributed by atoms with Crippen LogP contribution in [0.15, 0.2) is 65.7 Å². The van der Waals surface area contributed by atoms with Crippen molar-refractivity contribution in [3.8, 4) is 0 Å². The zero-order chi connectivity index (χ0) is 17.9. The zero-order valence-electron chi connectivity index (χ0n) is 12.8. The maximum Gasteiger partial charge on any atom is 0.238 e. The summed E-state index contributed by atoms with van der Waals surface area (Å²) >= 11 is 0. The van der Waals surface area contributed by atoms with Crippen LogP contribution in [-0.4, -0.2) is 18.4 Å². The Morgan fingerprint density at radius 1 is 0.960 bits per heavy atom. The van der Waals surface area contributed by atoms with Crippen LogP contribution in [0.25, 0.3) is 0 Å². The van der Waals surface area contributed by atoms with Gasteiger partial charge in [0.05, 0.1) is 11.1 Å². The largest absolute Gasteiger partial charge is 0.338 e. The third kappa shape index (κ3) is 4.28. The molecule has 25 heavy (non-hydrogen) atoms. The van der Waals surface area contributed by atoms with Gasteiger partial charge in [0, 0.05) is 11.4 Å². The fourth-order valence-electron chi connectivity index (χ4n) is 2.05. The quantitative estimate of drug-likeness (QED) is 0.646. The molecular formula is C16H14FN5O2S. The van der Waals surface area contributed by atoms with Crippen molar-refractivity contribution in [2.75, 3.05) is 10.6 Å². The number of benzene rings is 2. The van der Waals surface area contributed by atoms with Gasteiger partial charge in [-0.05, 0) is 30.3 Å². The summed E-state index contributed by atoms with van der Waals surface area (Å²) in [5.74, 6) is -0.523. The summed E-state index contributed by atoms with van der Waals surface area (Å²) in [6.45, 7) is 0. The van der Waals surface area contributed by atoms with Gasteiger partial charge in [-0.25, -0.2) is 22.9 Å². The molecule has 0 aliphatic carbocycles. The molecule has 0 amide bonds. The minimum Gasteiger partial charge on any atom is -0.338 e. The number of nitrogens with zero attached hydrogens (tertiary/aromatic N) is 2. The first-order valence-electron chi connectivity index (χ1n) is 7.16. The second-order valence-corrected chi connectivity index (χ2v) is 6.64. The molecule has 9 heteroatoms. The van der Waals surface area contributed by atoms with Crippen molar-refractivity contribution >= 4 is 33.2 Å². The summed E-state index contributed by atoms with van der Waals surface area (Å²) in [4.78, 5) is 7.86. The average molecular weight is 359 g/mol. The molecule has 0 bridgehead atoms. The molecule has 0 spiro atoms. The molecule has 4 N–H and O–H groups in total. The van der Waals surface area contributed by atoms with Crippen LogP contribution in [0, 0.1) is 5.82 Å². The maximum atomic E-state index is 13.9. The van der Waals surface area contributed by atoms with E-state index in [0.29, 0.717) is 11.4 Å². The first-order chi connectivity index (χ1) is 11.9. The second kappa shape index (κ2) is 6.83. The highest BCUT2D eigenvalue weighted by Gasteiger charge is 2.10. The van der Waals surface area contributed by atoms with Gasteiger partial charge in [0.15, 0.2) is 11.6 Å². The van der Waals surface area contributed by atoms with Crippen LogP contribution in [0.2, 0.25) is 0 Å². The summed E-state index contributed by atoms with van der Waals surface area (Å²) in [5.41, 5.74) is 1.08. The van der Waals surface area contributed by atoms with Crippen LogP contribution >= 0.6 is 0 Å². The molecule has 1 aromatic heterocycles. The van der Waals surface area contributed by atoms with Crippen LogP contribution in [0.1, 0.15) is 0 Å². The number of hydrogen-bond donors (Lipinski definition) is 3. The molecule has 0 aliphatic rings. The van der Waals surface area contributed by atoms with E-state index in [1.54, 1.807) is 30.3 Å². The summed E-state index contributed by atoms with van der Waals surface area (Å²) in [6, 6.07) is 14.8. The van der Waals surface area contributed by atoms with Gasteiger partial charge in [-0.15, -0.1) is 0 Å². The van der Waals surface area contributed by atoms with Gasteiger partial charge < -0.3 is 10.6 Å². The Kier molecular flexibility index (Phi) is 4.59. The molecule has 0 unspecified atom stereocenters. The van der Waals surface area contributed by atoms with Crippen molar-refractivity contribution < 1.29 is 12.8 Å². The Hall–Kier alpha value is -3.04. The van der Waals surface area contributed by atoms with Crippen molar-refractivity contribution in [3.05, 3.63) is 66.6 Å². The predicted molar refractivity (Wildman–Crippen MR) is 92.8 cm³/mol. The number of halogens is 1. The van der Waals surface area contributed by atoms with E-state index in [0.717, 1.165) is 6.20 Å². The van der Waals surface area contributed by atoms with E-state index in [1.807, 2.05) is 6.07 Å². The number of para-hydroxylation sites is 1. The predicted octanol–water partition coefficient (Wildman–Crippen LogP) is 2.75. The van der Waals surface area contributed by atoms with E-state index in [4.69, 9.17) is 5.14 Å². The molecule has 2 aromatic carbocycles. The molecule has 0 saturated carbocycles. The number of nitrogens with two attached hydrogens (primary N) is 1. The lowest BCUT2D eigenvalue weighted by Gasteiger charge is -2.10. The average Bonchev–Trinajstić information content (AvgIpc) is 2.58. The SMILES string of the molecule is NS(=O)(=O)c1cccc(Nc2ncc(F)c(Nc3ccccc3)n2)c1. The highest BCUT2D eigenvalue weighted by atomic mass is 32.2. The number of sulfonamides is 1. The molecule has 3 aromatic rings. The summed E-state index contributed by atoms with van der Waals surface area (Å²) in [5, 5.41) is 10.8. The normalized spacial score (nSPS) is 11.1. The molecular weight excluding hydrogens is 345 g/mol. The number of nitrogens with one attached hydrogen (secondary N) is 2. The molecule has 0 radical (unpaired) electrons. The number of primary sulfonamides is 1. The summed E-state index contributed by atoms with van der Waals surface area (Å²) in [7, 11) is -3.83. The lowest BCUT2D eigenvalue weighted by molar-refractivity contribution is 0.598. The van der Waals surface area contributed by atoms with E-state index >= 15 is 0 Å². The smallest absolute Gasteiger partial charge is 0.238 e. The highest BCUT2D eigenvalue weighted by Crippen LogP contribution is 2.21. The monoisotopic (exact) mass is 359 g/mol. The van der Waals surface area contributed by atoms with E-state index in [2.05, 4.69) is 20.6 Å². The molecule has 0 saturated heterocycles. The van der Waals surface area contributed by atoms with E-state index < -0.39 is 15.8 Å². The third-order valence-corrected chi connectivity index (χ3v) is 4.11. The van der Waals surface area contributed by atoms with Crippen LogP contribution < -0.4 is 15.8 Å². The molecule has 7 nitrogen and oxygen atoms in total. The van der Waals surface area contributed by atoms with Gasteiger partial charge in [-0.1, -0.05) is 24.3 Å². The Bertz CT molecular complexity index is 996. The van der Waals surface area contributed by atoms with Crippen molar-refractivity contribution in [1.29, 1.82) is 0 Å². The molecule has 1 heterocycles. The van der Waals surface area contributed by atoms with E-state index in [-0.39, 0.29) is 16.7 Å². The fourth-order valence-corrected chi connectivity index (χ4v) is 2.61. The molecule has 0 aliphatic heterocycles. The Labute approximate surface area is 143 Å². The molecule has 3 rings (SSSR count). The van der Waals surface area contributed by atoms with Gasteiger partial charge >= 0.3 is 0 Å². The van der Waals surface area contributed by atoms with Crippen molar-refractivity contribution in [3.63, 3.8) is 0 Å². The first-order valence-corrected chi connectivity index (χ1v) is 8.71. The topological polar surface area (TPSA) is 110 Å². The van der Waals surface area contributed by atoms with E-state index in [1.165, 1.54) is 18.2 Å². The molecule has 0 fully saturated rings. The Morgan fingerprint density at radius 3 is 2.40 bits per heavy atom. The van der Waals surface area contributed by atoms with Gasteiger partial charge in [-0.3, -0.25) is 0 Å². The van der Waals surface area contributed by atoms with Crippen LogP contribution in [0.4, 0.5) is 27.5 Å². The fraction of sp³-hybridized carbons (Fsp3) is 0. The Balaban J connectivity index is 1.85. The summed E-state index contributed by atoms with van der Waals surface area (Å²) in [6.07, 6.45) is 1.02. The van der Waals surface area contributed by atoms with Crippen LogP contribution in [0.3, 0.4) is 0 Å². The van der Waals surface area contributed by atoms with Crippen molar-refractivity contribution in [1.82, 2.24) is 9.97 Å². The van der Waals surface area contributed by atoms with Gasteiger partial charge in [0.25, 0.3) is 0 Å². The van der Waals surface area contributed by atoms with Gasteiger partial charge in [0.1, 0.15) is 0 Å². The maximum absolute atomic E-state index is 13.9. The number of aromatic nitrogens is 2. The first kappa shape index (κ1) is 16.8. The zero-order valence-corrected chi connectivity index (χ0v) is 13.7. The second-order valence-electron chi connectivity index (χ2n) is 5.08. The van der Waals surface area contributed by atoms with Gasteiger partial charge in [0.2, 0.25) is 16.0 Å². The van der Waals surface area contributed by atoms with Crippen LogP contribution in [-0.2, 0) is 10.0 Å². The van der Waals surface area contributed by atoms with Gasteiger partial charge in [-0.2, -0.15) is 4.98 Å². The van der Waals surface area contributed by atoms with Crippen molar-refractivity contribution in [2.24, 2.45) is 5.14 Å². The van der Waals surface area contributed by atoms with Crippen molar-refractivity contribution in [2.45, 2.75) is 4.90 Å². The lowest BCUT2D eigenvalue weighted by Crippen LogP contribution is -2.12. The number of anilines is 4. The Morgan fingerprint density at radius 2 is 1.68 bits per heavy atom. The lowest BCUT2D eigenvalue weighted by atomic mass is 10.3. The van der Waals surface area contributed by atoms with E-state index in [9.17, 15) is 12.8 Å². The minimum atomic E-state index is -3.83. The minimum absolute atomic E-state index is 0.00805. The third-order valence-electron chi connectivity index (χ3n) is 3.20. The number of rotatable bonds is 5. The molecule has 128 valence electrons. The highest BCUT2D eigenvalue weighted by molar-refractivity contribution is 7.89.